The summed E-state index contributed by atoms with van der Waals surface area (Å²) in [6, 6.07) is 0.418. The van der Waals surface area contributed by atoms with Crippen molar-refractivity contribution in [1.29, 1.82) is 0 Å². The molecule has 2 unspecified atom stereocenters. The van der Waals surface area contributed by atoms with Crippen LogP contribution in [0.4, 0.5) is 0 Å². The Morgan fingerprint density at radius 3 is 2.58 bits per heavy atom. The van der Waals surface area contributed by atoms with Crippen LogP contribution in [0.25, 0.3) is 0 Å². The number of likely N-dealkylation sites (N-methyl/N-ethyl adjacent to an activating group) is 1. The van der Waals surface area contributed by atoms with E-state index in [-0.39, 0.29) is 5.91 Å². The number of nitrogens with two attached hydrogens (primary N) is 1. The van der Waals surface area contributed by atoms with Gasteiger partial charge in [-0.25, -0.2) is 0 Å². The van der Waals surface area contributed by atoms with Gasteiger partial charge >= 0.3 is 0 Å². The largest absolute Gasteiger partial charge is 0.383 e. The monoisotopic (exact) mass is 271 g/mol. The summed E-state index contributed by atoms with van der Waals surface area (Å²) in [6.45, 7) is 6.52. The quantitative estimate of drug-likeness (QED) is 0.610. The number of nitrogens with zero attached hydrogens (tertiary/aromatic N) is 1. The lowest BCUT2D eigenvalue weighted by Crippen LogP contribution is -2.63. The average molecular weight is 271 g/mol. The van der Waals surface area contributed by atoms with Gasteiger partial charge in [0.25, 0.3) is 0 Å². The minimum Gasteiger partial charge on any atom is -0.383 e. The first-order valence-electron chi connectivity index (χ1n) is 7.23. The van der Waals surface area contributed by atoms with Crippen LogP contribution in [-0.4, -0.2) is 56.2 Å². The zero-order chi connectivity index (χ0) is 14.5. The van der Waals surface area contributed by atoms with E-state index in [9.17, 15) is 4.79 Å². The van der Waals surface area contributed by atoms with Crippen molar-refractivity contribution < 1.29 is 9.53 Å². The highest BCUT2D eigenvalue weighted by molar-refractivity contribution is 5.86. The summed E-state index contributed by atoms with van der Waals surface area (Å²) in [5.41, 5.74) is 5.10. The van der Waals surface area contributed by atoms with E-state index < -0.39 is 5.54 Å². The summed E-state index contributed by atoms with van der Waals surface area (Å²) in [7, 11) is 3.54. The van der Waals surface area contributed by atoms with Crippen LogP contribution in [0.1, 0.15) is 33.1 Å². The molecule has 1 rings (SSSR count). The van der Waals surface area contributed by atoms with Crippen molar-refractivity contribution in [2.24, 2.45) is 11.7 Å². The van der Waals surface area contributed by atoms with Crippen molar-refractivity contribution in [2.75, 3.05) is 33.9 Å². The third-order valence-corrected chi connectivity index (χ3v) is 4.41. The molecule has 0 heterocycles. The molecule has 3 N–H and O–H groups in total. The molecule has 1 saturated carbocycles. The lowest BCUT2D eigenvalue weighted by atomic mass is 9.91. The molecule has 0 aromatic carbocycles. The van der Waals surface area contributed by atoms with Crippen LogP contribution < -0.4 is 11.1 Å². The number of hydrogen-bond acceptors (Lipinski definition) is 4. The molecule has 2 atom stereocenters. The Labute approximate surface area is 116 Å². The van der Waals surface area contributed by atoms with E-state index in [1.807, 2.05) is 7.05 Å². The molecule has 1 fully saturated rings. The van der Waals surface area contributed by atoms with E-state index in [0.717, 1.165) is 25.8 Å². The standard InChI is InChI=1S/C14H29N3O2/c1-5-11(2)17(8-9-19-4)10-14(16-3,13(15)18)12-6-7-12/h11-12,16H,5-10H2,1-4H3,(H2,15,18). The number of hydrogen-bond donors (Lipinski definition) is 2. The van der Waals surface area contributed by atoms with Crippen molar-refractivity contribution in [3.63, 3.8) is 0 Å². The van der Waals surface area contributed by atoms with Gasteiger partial charge < -0.3 is 15.8 Å². The predicted octanol–water partition coefficient (Wildman–Crippen LogP) is 0.587. The number of rotatable bonds is 10. The maximum absolute atomic E-state index is 12.0. The molecule has 0 radical (unpaired) electrons. The summed E-state index contributed by atoms with van der Waals surface area (Å²) in [5, 5.41) is 3.21. The number of carbonyl (C=O) groups is 1. The van der Waals surface area contributed by atoms with Crippen LogP contribution in [0.2, 0.25) is 0 Å². The summed E-state index contributed by atoms with van der Waals surface area (Å²) in [5.74, 6) is 0.146. The Kier molecular flexibility index (Phi) is 6.23. The lowest BCUT2D eigenvalue weighted by molar-refractivity contribution is -0.126. The molecule has 5 heteroatoms. The number of primary amides is 1. The molecule has 5 nitrogen and oxygen atoms in total. The minimum absolute atomic E-state index is 0.233. The van der Waals surface area contributed by atoms with Gasteiger partial charge in [0.05, 0.1) is 6.61 Å². The number of ether oxygens (including phenoxy) is 1. The fraction of sp³-hybridized carbons (Fsp3) is 0.929. The van der Waals surface area contributed by atoms with Crippen LogP contribution >= 0.6 is 0 Å². The van der Waals surface area contributed by atoms with E-state index in [0.29, 0.717) is 25.1 Å². The molecule has 0 aliphatic heterocycles. The highest BCUT2D eigenvalue weighted by Gasteiger charge is 2.49. The first-order chi connectivity index (χ1) is 9.01. The van der Waals surface area contributed by atoms with Gasteiger partial charge in [-0.1, -0.05) is 6.92 Å². The number of carbonyl (C=O) groups excluding carboxylic acids is 1. The van der Waals surface area contributed by atoms with Crippen LogP contribution in [0, 0.1) is 5.92 Å². The fourth-order valence-corrected chi connectivity index (χ4v) is 2.63. The van der Waals surface area contributed by atoms with Crippen LogP contribution in [0.15, 0.2) is 0 Å². The second-order valence-electron chi connectivity index (χ2n) is 5.58. The van der Waals surface area contributed by atoms with Gasteiger partial charge in [0.2, 0.25) is 5.91 Å². The van der Waals surface area contributed by atoms with Crippen molar-refractivity contribution in [2.45, 2.75) is 44.7 Å². The van der Waals surface area contributed by atoms with Gasteiger partial charge in [-0.15, -0.1) is 0 Å². The number of nitrogens with one attached hydrogen (secondary N) is 1. The first-order valence-corrected chi connectivity index (χ1v) is 7.23. The van der Waals surface area contributed by atoms with Crippen molar-refractivity contribution in [3.8, 4) is 0 Å². The Hall–Kier alpha value is -0.650. The van der Waals surface area contributed by atoms with E-state index in [1.54, 1.807) is 7.11 Å². The van der Waals surface area contributed by atoms with Gasteiger partial charge in [0.1, 0.15) is 5.54 Å². The van der Waals surface area contributed by atoms with Crippen molar-refractivity contribution >= 4 is 5.91 Å². The molecule has 19 heavy (non-hydrogen) atoms. The minimum atomic E-state index is -0.586. The molecule has 0 saturated heterocycles. The summed E-state index contributed by atoms with van der Waals surface area (Å²) >= 11 is 0. The van der Waals surface area contributed by atoms with Gasteiger partial charge in [-0.2, -0.15) is 0 Å². The zero-order valence-electron chi connectivity index (χ0n) is 12.7. The van der Waals surface area contributed by atoms with E-state index in [4.69, 9.17) is 10.5 Å². The number of amides is 1. The van der Waals surface area contributed by atoms with Crippen molar-refractivity contribution in [3.05, 3.63) is 0 Å². The first kappa shape index (κ1) is 16.4. The van der Waals surface area contributed by atoms with Gasteiger partial charge in [-0.05, 0) is 39.2 Å². The van der Waals surface area contributed by atoms with E-state index >= 15 is 0 Å². The number of methoxy groups -OCH3 is 1. The van der Waals surface area contributed by atoms with Gasteiger partial charge in [0.15, 0.2) is 0 Å². The van der Waals surface area contributed by atoms with E-state index in [1.165, 1.54) is 0 Å². The summed E-state index contributed by atoms with van der Waals surface area (Å²) < 4.78 is 5.17. The molecule has 0 spiro atoms. The van der Waals surface area contributed by atoms with Crippen LogP contribution in [0.3, 0.4) is 0 Å². The highest BCUT2D eigenvalue weighted by atomic mass is 16.5. The molecule has 0 aromatic heterocycles. The molecule has 1 aliphatic rings. The smallest absolute Gasteiger partial charge is 0.239 e. The topological polar surface area (TPSA) is 67.6 Å². The fourth-order valence-electron chi connectivity index (χ4n) is 2.63. The molecule has 0 aromatic rings. The molecule has 112 valence electrons. The van der Waals surface area contributed by atoms with Gasteiger partial charge in [0, 0.05) is 26.2 Å². The Bertz CT molecular complexity index is 294. The predicted molar refractivity (Wildman–Crippen MR) is 76.9 cm³/mol. The summed E-state index contributed by atoms with van der Waals surface area (Å²) in [6.07, 6.45) is 3.22. The maximum atomic E-state index is 12.0. The molecular formula is C14H29N3O2. The molecule has 1 amide bonds. The van der Waals surface area contributed by atoms with Gasteiger partial charge in [-0.3, -0.25) is 9.69 Å². The van der Waals surface area contributed by atoms with Crippen LogP contribution in [0.5, 0.6) is 0 Å². The average Bonchev–Trinajstić information content (AvgIpc) is 3.23. The Morgan fingerprint density at radius 2 is 2.21 bits per heavy atom. The lowest BCUT2D eigenvalue weighted by Gasteiger charge is -2.38. The third-order valence-electron chi connectivity index (χ3n) is 4.41. The third kappa shape index (κ3) is 3.91. The molecule has 0 bridgehead atoms. The normalized spacial score (nSPS) is 20.3. The molecular weight excluding hydrogens is 242 g/mol. The Morgan fingerprint density at radius 1 is 1.58 bits per heavy atom. The zero-order valence-corrected chi connectivity index (χ0v) is 12.7. The highest BCUT2D eigenvalue weighted by Crippen LogP contribution is 2.40. The maximum Gasteiger partial charge on any atom is 0.239 e. The van der Waals surface area contributed by atoms with Crippen molar-refractivity contribution in [1.82, 2.24) is 10.2 Å². The second kappa shape index (κ2) is 7.22. The van der Waals surface area contributed by atoms with Crippen LogP contribution in [-0.2, 0) is 9.53 Å². The molecule has 1 aliphatic carbocycles. The van der Waals surface area contributed by atoms with E-state index in [2.05, 4.69) is 24.1 Å². The Balaban J connectivity index is 2.80. The summed E-state index contributed by atoms with van der Waals surface area (Å²) in [4.78, 5) is 14.3. The second-order valence-corrected chi connectivity index (χ2v) is 5.58. The SMILES string of the molecule is CCC(C)N(CCOC)CC(NC)(C(N)=O)C1CC1.